The molecule has 2 heterocycles. The first-order valence-corrected chi connectivity index (χ1v) is 13.1. The van der Waals surface area contributed by atoms with E-state index in [-0.39, 0.29) is 23.4 Å². The van der Waals surface area contributed by atoms with Crippen molar-refractivity contribution in [3.63, 3.8) is 0 Å². The van der Waals surface area contributed by atoms with Gasteiger partial charge in [0.05, 0.1) is 19.9 Å². The van der Waals surface area contributed by atoms with Crippen LogP contribution < -0.4 is 25.2 Å². The minimum atomic E-state index is -0.822. The molecule has 9 nitrogen and oxygen atoms in total. The highest BCUT2D eigenvalue weighted by Crippen LogP contribution is 2.29. The highest BCUT2D eigenvalue weighted by molar-refractivity contribution is 6.30. The highest BCUT2D eigenvalue weighted by Gasteiger charge is 2.15. The Morgan fingerprint density at radius 1 is 0.976 bits per heavy atom. The predicted octanol–water partition coefficient (Wildman–Crippen LogP) is 6.18. The number of carbonyl (C=O) groups is 2. The smallest absolute Gasteiger partial charge is 0.349 e. The minimum absolute atomic E-state index is 0.126. The first-order valence-electron chi connectivity index (χ1n) is 12.7. The van der Waals surface area contributed by atoms with Crippen LogP contribution in [0.1, 0.15) is 27.2 Å². The third-order valence-corrected chi connectivity index (χ3v) is 6.33. The molecule has 42 heavy (non-hydrogen) atoms. The summed E-state index contributed by atoms with van der Waals surface area (Å²) in [5.74, 6) is 0.512. The standard InChI is InChI=1S/C32H24ClNO8/c1-38-29-15-20(6-12-27(29)40-19-21-4-9-23(33)10-5-21)7-13-30(35)41-24-11-8-22-16-26(32(37)42-28(22)17-24)31(36)34-18-25-3-2-14-39-25/h2-17H,18-19H2,1H3,(H,34,36)/b13-7+. The van der Waals surface area contributed by atoms with Gasteiger partial charge >= 0.3 is 11.6 Å². The number of fused-ring (bicyclic) bond motifs is 1. The number of nitrogens with one attached hydrogen (secondary N) is 1. The molecule has 1 amide bonds. The minimum Gasteiger partial charge on any atom is -0.493 e. The van der Waals surface area contributed by atoms with E-state index in [0.717, 1.165) is 5.56 Å². The molecule has 0 unspecified atom stereocenters. The second kappa shape index (κ2) is 12.9. The molecule has 0 aliphatic heterocycles. The van der Waals surface area contributed by atoms with Crippen LogP contribution in [0.3, 0.4) is 0 Å². The van der Waals surface area contributed by atoms with Gasteiger partial charge in [0.15, 0.2) is 11.5 Å². The Bertz CT molecular complexity index is 1810. The third kappa shape index (κ3) is 7.07. The van der Waals surface area contributed by atoms with Crippen LogP contribution in [-0.4, -0.2) is 19.0 Å². The lowest BCUT2D eigenvalue weighted by atomic mass is 10.1. The van der Waals surface area contributed by atoms with Crippen LogP contribution >= 0.6 is 11.6 Å². The third-order valence-electron chi connectivity index (χ3n) is 6.08. The highest BCUT2D eigenvalue weighted by atomic mass is 35.5. The van der Waals surface area contributed by atoms with Gasteiger partial charge in [-0.2, -0.15) is 0 Å². The van der Waals surface area contributed by atoms with Gasteiger partial charge in [0.1, 0.15) is 29.3 Å². The van der Waals surface area contributed by atoms with Crippen molar-refractivity contribution in [1.82, 2.24) is 5.32 Å². The van der Waals surface area contributed by atoms with Gasteiger partial charge in [-0.25, -0.2) is 9.59 Å². The second-order valence-corrected chi connectivity index (χ2v) is 9.43. The number of halogens is 1. The summed E-state index contributed by atoms with van der Waals surface area (Å²) in [5, 5.41) is 3.74. The lowest BCUT2D eigenvalue weighted by Crippen LogP contribution is -2.27. The number of ether oxygens (including phenoxy) is 3. The van der Waals surface area contributed by atoms with E-state index in [1.54, 1.807) is 54.6 Å². The average Bonchev–Trinajstić information content (AvgIpc) is 3.52. The van der Waals surface area contributed by atoms with Gasteiger partial charge in [-0.15, -0.1) is 0 Å². The molecule has 0 aliphatic rings. The van der Waals surface area contributed by atoms with Crippen molar-refractivity contribution in [2.45, 2.75) is 13.2 Å². The molecule has 0 atom stereocenters. The maximum Gasteiger partial charge on any atom is 0.349 e. The van der Waals surface area contributed by atoms with Gasteiger partial charge in [-0.05, 0) is 71.8 Å². The van der Waals surface area contributed by atoms with Gasteiger partial charge in [0.25, 0.3) is 5.91 Å². The fourth-order valence-electron chi connectivity index (χ4n) is 3.95. The number of rotatable bonds is 10. The van der Waals surface area contributed by atoms with E-state index in [1.165, 1.54) is 37.6 Å². The van der Waals surface area contributed by atoms with E-state index in [2.05, 4.69) is 5.32 Å². The van der Waals surface area contributed by atoms with Crippen molar-refractivity contribution < 1.29 is 32.6 Å². The Hall–Kier alpha value is -5.28. The first-order chi connectivity index (χ1) is 20.4. The summed E-state index contributed by atoms with van der Waals surface area (Å²) in [4.78, 5) is 37.4. The quantitative estimate of drug-likeness (QED) is 0.0894. The molecule has 0 aliphatic carbocycles. The number of benzene rings is 3. The molecule has 5 aromatic rings. The zero-order chi connectivity index (χ0) is 29.5. The number of amides is 1. The molecular formula is C32H24ClNO8. The van der Waals surface area contributed by atoms with Crippen LogP contribution in [0.25, 0.3) is 17.0 Å². The van der Waals surface area contributed by atoms with E-state index in [0.29, 0.717) is 39.8 Å². The summed E-state index contributed by atoms with van der Waals surface area (Å²) in [6.45, 7) is 0.460. The molecule has 0 radical (unpaired) electrons. The number of methoxy groups -OCH3 is 1. The lowest BCUT2D eigenvalue weighted by Gasteiger charge is -2.11. The zero-order valence-electron chi connectivity index (χ0n) is 22.3. The summed E-state index contributed by atoms with van der Waals surface area (Å²) in [7, 11) is 1.53. The van der Waals surface area contributed by atoms with Crippen LogP contribution in [0.15, 0.2) is 105 Å². The number of hydrogen-bond acceptors (Lipinski definition) is 8. The Morgan fingerprint density at radius 3 is 2.57 bits per heavy atom. The molecule has 0 fully saturated rings. The molecule has 0 saturated carbocycles. The van der Waals surface area contributed by atoms with Crippen molar-refractivity contribution in [3.05, 3.63) is 129 Å². The fraction of sp³-hybridized carbons (Fsp3) is 0.0938. The molecule has 3 aromatic carbocycles. The molecule has 5 rings (SSSR count). The van der Waals surface area contributed by atoms with E-state index < -0.39 is 17.5 Å². The van der Waals surface area contributed by atoms with E-state index in [4.69, 9.17) is 34.6 Å². The van der Waals surface area contributed by atoms with Crippen molar-refractivity contribution in [2.24, 2.45) is 0 Å². The Labute approximate surface area is 244 Å². The molecule has 212 valence electrons. The number of esters is 1. The zero-order valence-corrected chi connectivity index (χ0v) is 23.1. The normalized spacial score (nSPS) is 11.0. The molecule has 2 aromatic heterocycles. The monoisotopic (exact) mass is 585 g/mol. The SMILES string of the molecule is COc1cc(/C=C/C(=O)Oc2ccc3cc(C(=O)NCc4ccco4)c(=O)oc3c2)ccc1OCc1ccc(Cl)cc1. The summed E-state index contributed by atoms with van der Waals surface area (Å²) in [6.07, 6.45) is 4.32. The molecule has 0 spiro atoms. The Morgan fingerprint density at radius 2 is 1.81 bits per heavy atom. The number of furan rings is 1. The van der Waals surface area contributed by atoms with Crippen LogP contribution in [0, 0.1) is 0 Å². The number of carbonyl (C=O) groups excluding carboxylic acids is 2. The van der Waals surface area contributed by atoms with Crippen LogP contribution in [-0.2, 0) is 17.9 Å². The number of hydrogen-bond donors (Lipinski definition) is 1. The van der Waals surface area contributed by atoms with Gasteiger partial charge in [0, 0.05) is 22.6 Å². The van der Waals surface area contributed by atoms with E-state index in [9.17, 15) is 14.4 Å². The molecule has 0 saturated heterocycles. The van der Waals surface area contributed by atoms with Crippen molar-refractivity contribution in [1.29, 1.82) is 0 Å². The van der Waals surface area contributed by atoms with E-state index >= 15 is 0 Å². The van der Waals surface area contributed by atoms with Gasteiger partial charge in [-0.3, -0.25) is 4.79 Å². The molecule has 0 bridgehead atoms. The van der Waals surface area contributed by atoms with Crippen molar-refractivity contribution in [2.75, 3.05) is 7.11 Å². The summed E-state index contributed by atoms with van der Waals surface area (Å²) >= 11 is 5.93. The lowest BCUT2D eigenvalue weighted by molar-refractivity contribution is -0.128. The van der Waals surface area contributed by atoms with Crippen molar-refractivity contribution in [3.8, 4) is 17.2 Å². The summed E-state index contributed by atoms with van der Waals surface area (Å²) in [5.41, 5.74) is 0.824. The Kier molecular flexibility index (Phi) is 8.70. The predicted molar refractivity (Wildman–Crippen MR) is 156 cm³/mol. The van der Waals surface area contributed by atoms with Crippen LogP contribution in [0.2, 0.25) is 5.02 Å². The topological polar surface area (TPSA) is 117 Å². The first kappa shape index (κ1) is 28.3. The van der Waals surface area contributed by atoms with Gasteiger partial charge in [0.2, 0.25) is 0 Å². The molecule has 10 heteroatoms. The van der Waals surface area contributed by atoms with Gasteiger partial charge in [-0.1, -0.05) is 29.8 Å². The Balaban J connectivity index is 1.21. The van der Waals surface area contributed by atoms with Crippen molar-refractivity contribution >= 4 is 40.5 Å². The summed E-state index contributed by atoms with van der Waals surface area (Å²) < 4.78 is 27.2. The maximum atomic E-state index is 12.5. The van der Waals surface area contributed by atoms with Crippen LogP contribution in [0.4, 0.5) is 0 Å². The second-order valence-electron chi connectivity index (χ2n) is 8.99. The molecular weight excluding hydrogens is 562 g/mol. The largest absolute Gasteiger partial charge is 0.493 e. The maximum absolute atomic E-state index is 12.5. The van der Waals surface area contributed by atoms with Crippen LogP contribution in [0.5, 0.6) is 17.2 Å². The fourth-order valence-corrected chi connectivity index (χ4v) is 4.08. The molecule has 1 N–H and O–H groups in total. The van der Waals surface area contributed by atoms with Gasteiger partial charge < -0.3 is 28.4 Å². The van der Waals surface area contributed by atoms with E-state index in [1.807, 2.05) is 12.1 Å². The summed E-state index contributed by atoms with van der Waals surface area (Å²) in [6, 6.07) is 21.9. The average molecular weight is 586 g/mol.